The standard InChI is InChI=1S/C9H20N2O.C5H5NO4/c1-3-4-5-6-7-11-9(12)8-10-2;7-3-10-6-4(8)1-2-5(6)9/h10H,3-8H2,1-2H3,(H,11,12);3H,1-2H2. The minimum Gasteiger partial charge on any atom is -0.355 e. The highest BCUT2D eigenvalue weighted by atomic mass is 16.7. The average Bonchev–Trinajstić information content (AvgIpc) is 2.80. The van der Waals surface area contributed by atoms with Gasteiger partial charge < -0.3 is 15.5 Å². The van der Waals surface area contributed by atoms with Crippen LogP contribution in [-0.2, 0) is 24.0 Å². The van der Waals surface area contributed by atoms with Crippen molar-refractivity contribution in [3.05, 3.63) is 0 Å². The minimum absolute atomic E-state index is 0.0567. The third-order valence-corrected chi connectivity index (χ3v) is 2.84. The Morgan fingerprint density at radius 1 is 1.23 bits per heavy atom. The molecule has 0 aromatic heterocycles. The van der Waals surface area contributed by atoms with Crippen LogP contribution in [0.3, 0.4) is 0 Å². The van der Waals surface area contributed by atoms with Crippen molar-refractivity contribution in [2.24, 2.45) is 0 Å². The third kappa shape index (κ3) is 9.06. The molecule has 0 aromatic carbocycles. The SMILES string of the molecule is CCCCCCNC(=O)CNC.O=CON1C(=O)CCC1=O. The van der Waals surface area contributed by atoms with E-state index in [2.05, 4.69) is 22.4 Å². The third-order valence-electron chi connectivity index (χ3n) is 2.84. The number of amides is 3. The summed E-state index contributed by atoms with van der Waals surface area (Å²) >= 11 is 0. The smallest absolute Gasteiger partial charge is 0.321 e. The molecular weight excluding hydrogens is 290 g/mol. The lowest BCUT2D eigenvalue weighted by Crippen LogP contribution is -2.32. The number of rotatable bonds is 9. The summed E-state index contributed by atoms with van der Waals surface area (Å²) in [5.74, 6) is -0.830. The lowest BCUT2D eigenvalue weighted by Gasteiger charge is -2.06. The summed E-state index contributed by atoms with van der Waals surface area (Å²) in [6.45, 7) is 3.48. The van der Waals surface area contributed by atoms with Gasteiger partial charge in [-0.3, -0.25) is 19.2 Å². The van der Waals surface area contributed by atoms with Crippen LogP contribution in [0.25, 0.3) is 0 Å². The predicted octanol–water partition coefficient (Wildman–Crippen LogP) is 0.126. The molecule has 0 aliphatic carbocycles. The molecule has 1 heterocycles. The Hall–Kier alpha value is -1.96. The molecular formula is C14H25N3O5. The zero-order valence-electron chi connectivity index (χ0n) is 13.2. The van der Waals surface area contributed by atoms with Crippen molar-refractivity contribution in [3.8, 4) is 0 Å². The lowest BCUT2D eigenvalue weighted by atomic mass is 10.2. The summed E-state index contributed by atoms with van der Waals surface area (Å²) in [7, 11) is 1.77. The number of likely N-dealkylation sites (N-methyl/N-ethyl adjacent to an activating group) is 1. The van der Waals surface area contributed by atoms with E-state index < -0.39 is 11.8 Å². The lowest BCUT2D eigenvalue weighted by molar-refractivity contribution is -0.188. The summed E-state index contributed by atoms with van der Waals surface area (Å²) < 4.78 is 0. The normalized spacial score (nSPS) is 13.5. The molecule has 0 spiro atoms. The van der Waals surface area contributed by atoms with Crippen molar-refractivity contribution >= 4 is 24.2 Å². The van der Waals surface area contributed by atoms with Crippen molar-refractivity contribution in [2.75, 3.05) is 20.1 Å². The minimum atomic E-state index is -0.461. The number of imide groups is 1. The molecule has 1 rings (SSSR count). The van der Waals surface area contributed by atoms with Crippen LogP contribution in [0.4, 0.5) is 0 Å². The molecule has 22 heavy (non-hydrogen) atoms. The van der Waals surface area contributed by atoms with Crippen molar-refractivity contribution in [1.82, 2.24) is 15.7 Å². The highest BCUT2D eigenvalue weighted by Crippen LogP contribution is 2.10. The molecule has 126 valence electrons. The Balaban J connectivity index is 0.000000406. The molecule has 0 unspecified atom stereocenters. The molecule has 0 bridgehead atoms. The van der Waals surface area contributed by atoms with E-state index >= 15 is 0 Å². The molecule has 2 N–H and O–H groups in total. The quantitative estimate of drug-likeness (QED) is 0.356. The first-order valence-corrected chi connectivity index (χ1v) is 7.44. The fourth-order valence-corrected chi connectivity index (χ4v) is 1.72. The second-order valence-electron chi connectivity index (χ2n) is 4.72. The van der Waals surface area contributed by atoms with Gasteiger partial charge in [-0.25, -0.2) is 0 Å². The molecule has 8 nitrogen and oxygen atoms in total. The second-order valence-corrected chi connectivity index (χ2v) is 4.72. The first-order chi connectivity index (χ1) is 10.6. The van der Waals surface area contributed by atoms with Gasteiger partial charge in [0.15, 0.2) is 0 Å². The Morgan fingerprint density at radius 3 is 2.36 bits per heavy atom. The van der Waals surface area contributed by atoms with Crippen LogP contribution in [0.5, 0.6) is 0 Å². The Morgan fingerprint density at radius 2 is 1.86 bits per heavy atom. The predicted molar refractivity (Wildman–Crippen MR) is 79.3 cm³/mol. The molecule has 1 aliphatic heterocycles. The molecule has 3 amide bonds. The van der Waals surface area contributed by atoms with Crippen LogP contribution in [0.2, 0.25) is 0 Å². The molecule has 8 heteroatoms. The van der Waals surface area contributed by atoms with Gasteiger partial charge in [-0.05, 0) is 13.5 Å². The maximum atomic E-state index is 10.9. The van der Waals surface area contributed by atoms with Gasteiger partial charge in [-0.2, -0.15) is 0 Å². The zero-order valence-corrected chi connectivity index (χ0v) is 13.2. The van der Waals surface area contributed by atoms with Crippen LogP contribution in [0, 0.1) is 0 Å². The summed E-state index contributed by atoms with van der Waals surface area (Å²) in [5.41, 5.74) is 0. The summed E-state index contributed by atoms with van der Waals surface area (Å²) in [6, 6.07) is 0. The van der Waals surface area contributed by atoms with Gasteiger partial charge in [0.1, 0.15) is 0 Å². The zero-order chi connectivity index (χ0) is 16.8. The number of nitrogens with one attached hydrogen (secondary N) is 2. The molecule has 1 aliphatic rings. The van der Waals surface area contributed by atoms with E-state index in [9.17, 15) is 19.2 Å². The van der Waals surface area contributed by atoms with Crippen LogP contribution in [0.15, 0.2) is 0 Å². The van der Waals surface area contributed by atoms with Crippen molar-refractivity contribution < 1.29 is 24.0 Å². The van der Waals surface area contributed by atoms with Crippen LogP contribution >= 0.6 is 0 Å². The van der Waals surface area contributed by atoms with Crippen molar-refractivity contribution in [2.45, 2.75) is 45.4 Å². The topological polar surface area (TPSA) is 105 Å². The average molecular weight is 315 g/mol. The Labute approximate surface area is 130 Å². The van der Waals surface area contributed by atoms with E-state index in [-0.39, 0.29) is 25.2 Å². The highest BCUT2D eigenvalue weighted by molar-refractivity contribution is 6.01. The summed E-state index contributed by atoms with van der Waals surface area (Å²) in [5, 5.41) is 6.13. The first kappa shape index (κ1) is 20.0. The molecule has 0 saturated carbocycles. The largest absolute Gasteiger partial charge is 0.355 e. The van der Waals surface area contributed by atoms with Gasteiger partial charge in [-0.15, -0.1) is 5.06 Å². The van der Waals surface area contributed by atoms with E-state index in [0.29, 0.717) is 11.6 Å². The molecule has 0 atom stereocenters. The van der Waals surface area contributed by atoms with Gasteiger partial charge in [0.25, 0.3) is 11.8 Å². The fourth-order valence-electron chi connectivity index (χ4n) is 1.72. The number of nitrogens with zero attached hydrogens (tertiary/aromatic N) is 1. The van der Waals surface area contributed by atoms with E-state index in [0.717, 1.165) is 13.0 Å². The molecule has 0 radical (unpaired) electrons. The van der Waals surface area contributed by atoms with E-state index in [4.69, 9.17) is 0 Å². The maximum absolute atomic E-state index is 10.9. The number of hydrogen-bond donors (Lipinski definition) is 2. The van der Waals surface area contributed by atoms with Gasteiger partial charge in [-0.1, -0.05) is 26.2 Å². The van der Waals surface area contributed by atoms with E-state index in [1.807, 2.05) is 0 Å². The van der Waals surface area contributed by atoms with Gasteiger partial charge in [0.05, 0.1) is 6.54 Å². The molecule has 1 saturated heterocycles. The van der Waals surface area contributed by atoms with Crippen LogP contribution in [-0.4, -0.2) is 49.4 Å². The van der Waals surface area contributed by atoms with E-state index in [1.54, 1.807) is 7.05 Å². The maximum Gasteiger partial charge on any atom is 0.321 e. The van der Waals surface area contributed by atoms with Gasteiger partial charge >= 0.3 is 6.47 Å². The number of carbonyl (C=O) groups is 4. The van der Waals surface area contributed by atoms with E-state index in [1.165, 1.54) is 19.3 Å². The molecule has 1 fully saturated rings. The van der Waals surface area contributed by atoms with Gasteiger partial charge in [0, 0.05) is 19.4 Å². The monoisotopic (exact) mass is 315 g/mol. The highest BCUT2D eigenvalue weighted by Gasteiger charge is 2.30. The fraction of sp³-hybridized carbons (Fsp3) is 0.714. The Bertz CT molecular complexity index is 357. The summed E-state index contributed by atoms with van der Waals surface area (Å²) in [6.07, 6.45) is 5.09. The van der Waals surface area contributed by atoms with Crippen molar-refractivity contribution in [1.29, 1.82) is 0 Å². The van der Waals surface area contributed by atoms with Crippen LogP contribution in [0.1, 0.15) is 45.4 Å². The Kier molecular flexibility index (Phi) is 11.6. The number of hydrogen-bond acceptors (Lipinski definition) is 6. The van der Waals surface area contributed by atoms with Crippen LogP contribution < -0.4 is 10.6 Å². The second kappa shape index (κ2) is 12.8. The first-order valence-electron chi connectivity index (χ1n) is 7.44. The van der Waals surface area contributed by atoms with Crippen molar-refractivity contribution in [3.63, 3.8) is 0 Å². The number of unbranched alkanes of at least 4 members (excludes halogenated alkanes) is 3. The molecule has 0 aromatic rings. The number of carbonyl (C=O) groups excluding carboxylic acids is 4. The number of hydroxylamine groups is 2. The van der Waals surface area contributed by atoms with Gasteiger partial charge in [0.2, 0.25) is 5.91 Å². The summed E-state index contributed by atoms with van der Waals surface area (Å²) in [4.78, 5) is 45.9.